The minimum absolute atomic E-state index is 0.114. The number of thioether (sulfide) groups is 1. The Labute approximate surface area is 213 Å². The molecule has 2 aromatic heterocycles. The number of carbonyl (C=O) groups excluding carboxylic acids is 1. The number of halogens is 3. The molecular formula is C22H16Cl3N3OS3. The van der Waals surface area contributed by atoms with E-state index in [0.29, 0.717) is 26.6 Å². The molecular weight excluding hydrogens is 525 g/mol. The van der Waals surface area contributed by atoms with Crippen LogP contribution >= 0.6 is 69.2 Å². The topological polar surface area (TPSA) is 54.9 Å². The summed E-state index contributed by atoms with van der Waals surface area (Å²) < 4.78 is 0.830. The van der Waals surface area contributed by atoms with Gasteiger partial charge < -0.3 is 5.32 Å². The van der Waals surface area contributed by atoms with E-state index in [1.807, 2.05) is 36.5 Å². The van der Waals surface area contributed by atoms with Crippen LogP contribution in [0.5, 0.6) is 0 Å². The number of aromatic nitrogens is 2. The molecule has 4 aromatic rings. The lowest BCUT2D eigenvalue weighted by molar-refractivity contribution is -0.113. The normalized spacial score (nSPS) is 11.0. The van der Waals surface area contributed by atoms with E-state index < -0.39 is 0 Å². The van der Waals surface area contributed by atoms with Crippen LogP contribution in [0, 0.1) is 0 Å². The molecule has 10 heteroatoms. The largest absolute Gasteiger partial charge is 0.301 e. The summed E-state index contributed by atoms with van der Waals surface area (Å²) in [6, 6.07) is 13.1. The number of hydrogen-bond donors (Lipinski definition) is 1. The standard InChI is InChI=1S/C22H16Cl3N3OS3/c23-15-3-1-13(2-4-15)7-17-10-26-21(31-17)28-20(29)12-30-22-27-11-18(32-22)9-14-8-16(24)5-6-19(14)25/h1-6,8,10-11H,7,9,12H2,(H,26,28,29). The highest BCUT2D eigenvalue weighted by Gasteiger charge is 2.11. The van der Waals surface area contributed by atoms with Crippen LogP contribution in [-0.4, -0.2) is 21.6 Å². The predicted octanol–water partition coefficient (Wildman–Crippen LogP) is 7.47. The van der Waals surface area contributed by atoms with Crippen LogP contribution in [0.4, 0.5) is 5.13 Å². The van der Waals surface area contributed by atoms with Crippen LogP contribution in [-0.2, 0) is 17.6 Å². The number of carbonyl (C=O) groups is 1. The van der Waals surface area contributed by atoms with Gasteiger partial charge in [0.05, 0.1) is 5.75 Å². The fraction of sp³-hybridized carbons (Fsp3) is 0.136. The van der Waals surface area contributed by atoms with Crippen molar-refractivity contribution in [3.05, 3.63) is 90.8 Å². The average Bonchev–Trinajstić information content (AvgIpc) is 3.40. The Morgan fingerprint density at radius 3 is 2.44 bits per heavy atom. The summed E-state index contributed by atoms with van der Waals surface area (Å²) in [7, 11) is 0. The number of thiazole rings is 2. The van der Waals surface area contributed by atoms with E-state index >= 15 is 0 Å². The van der Waals surface area contributed by atoms with Crippen molar-refractivity contribution >= 4 is 80.3 Å². The fourth-order valence-corrected chi connectivity index (χ4v) is 6.06. The molecule has 2 heterocycles. The quantitative estimate of drug-likeness (QED) is 0.235. The second kappa shape index (κ2) is 11.0. The van der Waals surface area contributed by atoms with Gasteiger partial charge in [0.1, 0.15) is 0 Å². The van der Waals surface area contributed by atoms with Crippen LogP contribution in [0.25, 0.3) is 0 Å². The van der Waals surface area contributed by atoms with Gasteiger partial charge in [0, 0.05) is 50.1 Å². The lowest BCUT2D eigenvalue weighted by Gasteiger charge is -2.02. The molecule has 32 heavy (non-hydrogen) atoms. The molecule has 0 saturated heterocycles. The summed E-state index contributed by atoms with van der Waals surface area (Å²) in [6.07, 6.45) is 5.00. The Bertz CT molecular complexity index is 1220. The summed E-state index contributed by atoms with van der Waals surface area (Å²) in [5.41, 5.74) is 2.10. The molecule has 0 saturated carbocycles. The van der Waals surface area contributed by atoms with Crippen molar-refractivity contribution in [3.8, 4) is 0 Å². The van der Waals surface area contributed by atoms with Crippen molar-refractivity contribution in [1.82, 2.24) is 9.97 Å². The first-order chi connectivity index (χ1) is 15.4. The second-order valence-electron chi connectivity index (χ2n) is 6.78. The molecule has 2 aromatic carbocycles. The van der Waals surface area contributed by atoms with Gasteiger partial charge in [-0.1, -0.05) is 58.7 Å². The number of nitrogens with one attached hydrogen (secondary N) is 1. The van der Waals surface area contributed by atoms with Crippen molar-refractivity contribution in [2.24, 2.45) is 0 Å². The minimum atomic E-state index is -0.114. The number of rotatable bonds is 8. The molecule has 0 aliphatic carbocycles. The summed E-state index contributed by atoms with van der Waals surface area (Å²) in [5.74, 6) is 0.147. The highest BCUT2D eigenvalue weighted by molar-refractivity contribution is 8.01. The minimum Gasteiger partial charge on any atom is -0.301 e. The van der Waals surface area contributed by atoms with Crippen LogP contribution in [0.15, 0.2) is 59.2 Å². The van der Waals surface area contributed by atoms with E-state index in [0.717, 1.165) is 31.6 Å². The third kappa shape index (κ3) is 6.70. The van der Waals surface area contributed by atoms with Crippen molar-refractivity contribution < 1.29 is 4.79 Å². The van der Waals surface area contributed by atoms with Crippen LogP contribution in [0.2, 0.25) is 15.1 Å². The molecule has 0 fully saturated rings. The number of anilines is 1. The first kappa shape index (κ1) is 23.5. The Balaban J connectivity index is 1.27. The monoisotopic (exact) mass is 539 g/mol. The number of nitrogens with zero attached hydrogens (tertiary/aromatic N) is 2. The van der Waals surface area contributed by atoms with Crippen LogP contribution < -0.4 is 5.32 Å². The molecule has 0 aliphatic rings. The molecule has 0 spiro atoms. The fourth-order valence-electron chi connectivity index (χ4n) is 2.84. The van der Waals surface area contributed by atoms with E-state index in [4.69, 9.17) is 34.8 Å². The van der Waals surface area contributed by atoms with E-state index in [1.165, 1.54) is 23.1 Å². The molecule has 4 rings (SSSR count). The third-order valence-corrected chi connectivity index (χ3v) is 8.25. The van der Waals surface area contributed by atoms with E-state index in [-0.39, 0.29) is 11.7 Å². The summed E-state index contributed by atoms with van der Waals surface area (Å²) in [4.78, 5) is 23.2. The SMILES string of the molecule is O=C(CSc1ncc(Cc2cc(Cl)ccc2Cl)s1)Nc1ncc(Cc2ccc(Cl)cc2)s1. The third-order valence-electron chi connectivity index (χ3n) is 4.32. The number of amides is 1. The maximum absolute atomic E-state index is 12.3. The van der Waals surface area contributed by atoms with Gasteiger partial charge in [0.2, 0.25) is 5.91 Å². The summed E-state index contributed by atoms with van der Waals surface area (Å²) >= 11 is 22.6. The zero-order valence-corrected chi connectivity index (χ0v) is 21.2. The van der Waals surface area contributed by atoms with Gasteiger partial charge in [0.15, 0.2) is 9.47 Å². The number of hydrogen-bond acceptors (Lipinski definition) is 6. The molecule has 0 aliphatic heterocycles. The lowest BCUT2D eigenvalue weighted by Crippen LogP contribution is -2.13. The number of benzene rings is 2. The maximum Gasteiger partial charge on any atom is 0.236 e. The molecule has 4 nitrogen and oxygen atoms in total. The zero-order chi connectivity index (χ0) is 22.5. The lowest BCUT2D eigenvalue weighted by atomic mass is 10.1. The molecule has 0 bridgehead atoms. The predicted molar refractivity (Wildman–Crippen MR) is 137 cm³/mol. The maximum atomic E-state index is 12.3. The van der Waals surface area contributed by atoms with Gasteiger partial charge >= 0.3 is 0 Å². The van der Waals surface area contributed by atoms with E-state index in [9.17, 15) is 4.79 Å². The van der Waals surface area contributed by atoms with Crippen LogP contribution in [0.1, 0.15) is 20.9 Å². The van der Waals surface area contributed by atoms with Gasteiger partial charge in [-0.2, -0.15) is 0 Å². The Morgan fingerprint density at radius 2 is 1.62 bits per heavy atom. The van der Waals surface area contributed by atoms with Crippen molar-refractivity contribution in [1.29, 1.82) is 0 Å². The Kier molecular flexibility index (Phi) is 8.10. The smallest absolute Gasteiger partial charge is 0.236 e. The van der Waals surface area contributed by atoms with E-state index in [1.54, 1.807) is 29.7 Å². The average molecular weight is 541 g/mol. The molecule has 0 unspecified atom stereocenters. The van der Waals surface area contributed by atoms with Gasteiger partial charge in [-0.05, 0) is 41.5 Å². The Hall–Kier alpha value is -1.61. The van der Waals surface area contributed by atoms with Gasteiger partial charge in [0.25, 0.3) is 0 Å². The molecule has 0 radical (unpaired) electrons. The molecule has 164 valence electrons. The molecule has 1 N–H and O–H groups in total. The Morgan fingerprint density at radius 1 is 0.906 bits per heavy atom. The van der Waals surface area contributed by atoms with Gasteiger partial charge in [-0.25, -0.2) is 9.97 Å². The second-order valence-corrected chi connectivity index (χ2v) is 11.5. The van der Waals surface area contributed by atoms with Crippen molar-refractivity contribution in [3.63, 3.8) is 0 Å². The van der Waals surface area contributed by atoms with E-state index in [2.05, 4.69) is 15.3 Å². The van der Waals surface area contributed by atoms with Gasteiger partial charge in [-0.3, -0.25) is 4.79 Å². The summed E-state index contributed by atoms with van der Waals surface area (Å²) in [5, 5.41) is 5.49. The highest BCUT2D eigenvalue weighted by Crippen LogP contribution is 2.29. The van der Waals surface area contributed by atoms with Crippen molar-refractivity contribution in [2.75, 3.05) is 11.1 Å². The highest BCUT2D eigenvalue weighted by atomic mass is 35.5. The summed E-state index contributed by atoms with van der Waals surface area (Å²) in [6.45, 7) is 0. The molecule has 1 amide bonds. The molecule has 0 atom stereocenters. The van der Waals surface area contributed by atoms with Crippen LogP contribution in [0.3, 0.4) is 0 Å². The zero-order valence-electron chi connectivity index (χ0n) is 16.5. The first-order valence-corrected chi connectivity index (χ1v) is 13.2. The van der Waals surface area contributed by atoms with Gasteiger partial charge in [-0.15, -0.1) is 22.7 Å². The first-order valence-electron chi connectivity index (χ1n) is 9.45. The van der Waals surface area contributed by atoms with Crippen molar-refractivity contribution in [2.45, 2.75) is 17.2 Å².